The Morgan fingerprint density at radius 2 is 1.88 bits per heavy atom. The van der Waals surface area contributed by atoms with Gasteiger partial charge in [0.1, 0.15) is 11.0 Å². The van der Waals surface area contributed by atoms with Gasteiger partial charge >= 0.3 is 0 Å². The quantitative estimate of drug-likeness (QED) is 0.643. The van der Waals surface area contributed by atoms with Gasteiger partial charge in [0.05, 0.1) is 12.4 Å². The van der Waals surface area contributed by atoms with Crippen LogP contribution in [0, 0.1) is 11.8 Å². The second-order valence-corrected chi connectivity index (χ2v) is 11.5. The zero-order valence-corrected chi connectivity index (χ0v) is 20.5. The molecule has 33 heavy (non-hydrogen) atoms. The molecular formula is C25H35N3O4S. The van der Waals surface area contributed by atoms with Crippen LogP contribution in [0.1, 0.15) is 61.7 Å². The highest BCUT2D eigenvalue weighted by Crippen LogP contribution is 2.40. The van der Waals surface area contributed by atoms with E-state index in [1.807, 2.05) is 43.3 Å². The van der Waals surface area contributed by atoms with Gasteiger partial charge in [-0.25, -0.2) is 8.42 Å². The lowest BCUT2D eigenvalue weighted by Crippen LogP contribution is -2.50. The monoisotopic (exact) mass is 473 g/mol. The molecule has 3 atom stereocenters. The van der Waals surface area contributed by atoms with Crippen molar-refractivity contribution in [2.75, 3.05) is 19.6 Å². The average molecular weight is 474 g/mol. The van der Waals surface area contributed by atoms with Crippen molar-refractivity contribution in [3.05, 3.63) is 59.5 Å². The molecule has 1 aromatic heterocycles. The van der Waals surface area contributed by atoms with E-state index >= 15 is 0 Å². The normalized spacial score (nSPS) is 26.0. The minimum Gasteiger partial charge on any atom is -0.469 e. The van der Waals surface area contributed by atoms with E-state index in [1.54, 1.807) is 6.26 Å². The van der Waals surface area contributed by atoms with Crippen molar-refractivity contribution in [3.63, 3.8) is 0 Å². The van der Waals surface area contributed by atoms with Gasteiger partial charge in [-0.05, 0) is 42.0 Å². The van der Waals surface area contributed by atoms with Crippen molar-refractivity contribution in [1.82, 2.24) is 14.9 Å². The maximum absolute atomic E-state index is 13.0. The largest absolute Gasteiger partial charge is 0.469 e. The minimum absolute atomic E-state index is 0.0365. The topological polar surface area (TPSA) is 91.7 Å². The summed E-state index contributed by atoms with van der Waals surface area (Å²) < 4.78 is 34.3. The first-order valence-corrected chi connectivity index (χ1v) is 13.5. The molecule has 4 rings (SSSR count). The van der Waals surface area contributed by atoms with E-state index < -0.39 is 15.3 Å². The Morgan fingerprint density at radius 3 is 2.48 bits per heavy atom. The summed E-state index contributed by atoms with van der Waals surface area (Å²) in [7, 11) is -3.46. The van der Waals surface area contributed by atoms with Crippen LogP contribution in [0.2, 0.25) is 0 Å². The molecule has 1 amide bonds. The van der Waals surface area contributed by atoms with E-state index in [9.17, 15) is 13.2 Å². The molecule has 2 fully saturated rings. The van der Waals surface area contributed by atoms with Gasteiger partial charge in [-0.2, -0.15) is 4.72 Å². The average Bonchev–Trinajstić information content (AvgIpc) is 3.39. The molecule has 8 heteroatoms. The third-order valence-corrected chi connectivity index (χ3v) is 9.01. The Labute approximate surface area is 197 Å². The molecule has 0 saturated carbocycles. The Kier molecular flexibility index (Phi) is 7.26. The van der Waals surface area contributed by atoms with Crippen LogP contribution in [0.15, 0.2) is 47.1 Å². The van der Waals surface area contributed by atoms with E-state index in [4.69, 9.17) is 4.42 Å². The number of amides is 1. The molecule has 0 spiro atoms. The molecule has 2 aliphatic heterocycles. The Balaban J connectivity index is 1.33. The highest BCUT2D eigenvalue weighted by atomic mass is 32.2. The summed E-state index contributed by atoms with van der Waals surface area (Å²) in [5, 5.41) is 2.45. The Bertz CT molecular complexity index is 1030. The fraction of sp³-hybridized carbons (Fsp3) is 0.560. The smallest absolute Gasteiger partial charge is 0.223 e. The van der Waals surface area contributed by atoms with E-state index in [0.29, 0.717) is 32.0 Å². The van der Waals surface area contributed by atoms with Crippen LogP contribution in [0.3, 0.4) is 0 Å². The highest BCUT2D eigenvalue weighted by Gasteiger charge is 2.48. The summed E-state index contributed by atoms with van der Waals surface area (Å²) in [6.45, 7) is 8.23. The van der Waals surface area contributed by atoms with Crippen LogP contribution < -0.4 is 10.0 Å². The standard InChI is InChI=1S/C25H35N3O4S/c1-17(2)19-6-8-20(9-7-19)23-18(3)24(27-33(23,30)31)28-14-11-21(12-15-28)25(29)26-13-10-22-5-4-16-32-22/h4-9,16-18,21,23-24,27H,10-15H2,1-3H3,(H,26,29). The van der Waals surface area contributed by atoms with E-state index in [1.165, 1.54) is 5.56 Å². The van der Waals surface area contributed by atoms with Gasteiger partial charge in [0.25, 0.3) is 0 Å². The van der Waals surface area contributed by atoms with Crippen molar-refractivity contribution in [3.8, 4) is 0 Å². The van der Waals surface area contributed by atoms with Crippen molar-refractivity contribution >= 4 is 15.9 Å². The number of hydrogen-bond donors (Lipinski definition) is 2. The number of piperidine rings is 1. The molecular weight excluding hydrogens is 438 g/mol. The summed E-state index contributed by atoms with van der Waals surface area (Å²) in [5.41, 5.74) is 2.04. The van der Waals surface area contributed by atoms with Gasteiger partial charge < -0.3 is 9.73 Å². The molecule has 3 heterocycles. The molecule has 7 nitrogen and oxygen atoms in total. The lowest BCUT2D eigenvalue weighted by molar-refractivity contribution is -0.126. The van der Waals surface area contributed by atoms with Gasteiger partial charge in [0, 0.05) is 37.9 Å². The van der Waals surface area contributed by atoms with Crippen molar-refractivity contribution in [1.29, 1.82) is 0 Å². The van der Waals surface area contributed by atoms with Gasteiger partial charge in [0.15, 0.2) is 0 Å². The zero-order chi connectivity index (χ0) is 23.6. The minimum atomic E-state index is -3.46. The highest BCUT2D eigenvalue weighted by molar-refractivity contribution is 7.90. The maximum Gasteiger partial charge on any atom is 0.223 e. The summed E-state index contributed by atoms with van der Waals surface area (Å²) in [6.07, 6.45) is 3.53. The molecule has 3 unspecified atom stereocenters. The van der Waals surface area contributed by atoms with Crippen LogP contribution in [-0.2, 0) is 21.2 Å². The molecule has 2 N–H and O–H groups in total. The lowest BCUT2D eigenvalue weighted by Gasteiger charge is -2.36. The van der Waals surface area contributed by atoms with Gasteiger partial charge in [0.2, 0.25) is 15.9 Å². The fourth-order valence-corrected chi connectivity index (χ4v) is 7.18. The number of sulfonamides is 1. The Morgan fingerprint density at radius 1 is 1.18 bits per heavy atom. The summed E-state index contributed by atoms with van der Waals surface area (Å²) in [4.78, 5) is 14.8. The van der Waals surface area contributed by atoms with Crippen molar-refractivity contribution in [2.24, 2.45) is 11.8 Å². The van der Waals surface area contributed by atoms with E-state index in [2.05, 4.69) is 28.8 Å². The van der Waals surface area contributed by atoms with Gasteiger partial charge in [-0.1, -0.05) is 45.0 Å². The van der Waals surface area contributed by atoms with Crippen molar-refractivity contribution in [2.45, 2.75) is 57.4 Å². The first-order chi connectivity index (χ1) is 15.8. The van der Waals surface area contributed by atoms with E-state index in [-0.39, 0.29) is 23.9 Å². The third-order valence-electron chi connectivity index (χ3n) is 7.07. The van der Waals surface area contributed by atoms with Gasteiger partial charge in [-0.15, -0.1) is 0 Å². The number of rotatable bonds is 7. The number of carbonyl (C=O) groups is 1. The van der Waals surface area contributed by atoms with Crippen LogP contribution in [0.4, 0.5) is 0 Å². The number of furan rings is 1. The van der Waals surface area contributed by atoms with Crippen LogP contribution >= 0.6 is 0 Å². The van der Waals surface area contributed by atoms with Crippen molar-refractivity contribution < 1.29 is 17.6 Å². The van der Waals surface area contributed by atoms with E-state index in [0.717, 1.165) is 24.2 Å². The van der Waals surface area contributed by atoms with Crippen LogP contribution in [-0.4, -0.2) is 45.0 Å². The second kappa shape index (κ2) is 9.99. The number of hydrogen-bond acceptors (Lipinski definition) is 5. The first-order valence-electron chi connectivity index (χ1n) is 11.9. The summed E-state index contributed by atoms with van der Waals surface area (Å²) in [6, 6.07) is 11.7. The molecule has 2 aromatic rings. The maximum atomic E-state index is 13.0. The fourth-order valence-electron chi connectivity index (χ4n) is 5.11. The second-order valence-electron chi connectivity index (χ2n) is 9.64. The summed E-state index contributed by atoms with van der Waals surface area (Å²) >= 11 is 0. The number of nitrogens with zero attached hydrogens (tertiary/aromatic N) is 1. The predicted molar refractivity (Wildman–Crippen MR) is 128 cm³/mol. The summed E-state index contributed by atoms with van der Waals surface area (Å²) in [5.74, 6) is 1.22. The molecule has 2 aliphatic rings. The number of likely N-dealkylation sites (tertiary alicyclic amines) is 1. The third kappa shape index (κ3) is 5.34. The molecule has 1 aromatic carbocycles. The molecule has 0 bridgehead atoms. The Hall–Kier alpha value is -2.16. The lowest BCUT2D eigenvalue weighted by atomic mass is 9.91. The van der Waals surface area contributed by atoms with Crippen LogP contribution in [0.25, 0.3) is 0 Å². The molecule has 0 radical (unpaired) electrons. The molecule has 2 saturated heterocycles. The number of nitrogens with one attached hydrogen (secondary N) is 2. The number of carbonyl (C=O) groups excluding carboxylic acids is 1. The first kappa shape index (κ1) is 24.0. The zero-order valence-electron chi connectivity index (χ0n) is 19.7. The predicted octanol–water partition coefficient (Wildman–Crippen LogP) is 3.41. The number of benzene rings is 1. The molecule has 0 aliphatic carbocycles. The SMILES string of the molecule is CC(C)c1ccc(C2C(C)C(N3CCC(C(=O)NCCc4ccco4)CC3)NS2(=O)=O)cc1. The van der Waals surface area contributed by atoms with Gasteiger partial charge in [-0.3, -0.25) is 9.69 Å². The molecule has 180 valence electrons. The van der Waals surface area contributed by atoms with Crippen LogP contribution in [0.5, 0.6) is 0 Å².